The molecule has 3 N–H and O–H groups in total. The Labute approximate surface area is 124 Å². The molecular formula is C16H23FN2O2. The second kappa shape index (κ2) is 7.00. The number of carbonyl (C=O) groups is 1. The van der Waals surface area contributed by atoms with E-state index in [2.05, 4.69) is 5.32 Å². The number of rotatable bonds is 5. The molecule has 21 heavy (non-hydrogen) atoms. The first-order valence-corrected chi connectivity index (χ1v) is 7.40. The quantitative estimate of drug-likeness (QED) is 0.866. The van der Waals surface area contributed by atoms with Gasteiger partial charge in [0.15, 0.2) is 0 Å². The number of carbonyl (C=O) groups excluding carboxylic acids is 1. The van der Waals surface area contributed by atoms with E-state index in [4.69, 9.17) is 10.5 Å². The normalized spacial score (nSPS) is 19.0. The van der Waals surface area contributed by atoms with Gasteiger partial charge in [-0.05, 0) is 43.0 Å². The molecule has 0 aliphatic carbocycles. The molecule has 116 valence electrons. The predicted octanol–water partition coefficient (Wildman–Crippen LogP) is 1.58. The summed E-state index contributed by atoms with van der Waals surface area (Å²) >= 11 is 0. The Balaban J connectivity index is 2.22. The maximum absolute atomic E-state index is 13.5. The molecule has 0 aromatic heterocycles. The molecular weight excluding hydrogens is 271 g/mol. The van der Waals surface area contributed by atoms with Crippen LogP contribution >= 0.6 is 0 Å². The lowest BCUT2D eigenvalue weighted by molar-refractivity contribution is -0.130. The molecule has 0 radical (unpaired) electrons. The van der Waals surface area contributed by atoms with Crippen LogP contribution in [-0.2, 0) is 14.9 Å². The minimum atomic E-state index is -0.700. The largest absolute Gasteiger partial charge is 0.381 e. The zero-order chi connectivity index (χ0) is 15.3. The van der Waals surface area contributed by atoms with Gasteiger partial charge < -0.3 is 15.8 Å². The maximum atomic E-state index is 13.5. The summed E-state index contributed by atoms with van der Waals surface area (Å²) in [5, 5.41) is 2.96. The highest BCUT2D eigenvalue weighted by Gasteiger charge is 2.41. The number of amides is 1. The van der Waals surface area contributed by atoms with Gasteiger partial charge in [0.1, 0.15) is 5.82 Å². The van der Waals surface area contributed by atoms with Crippen LogP contribution in [0.25, 0.3) is 0 Å². The number of nitrogens with one attached hydrogen (secondary N) is 1. The van der Waals surface area contributed by atoms with Gasteiger partial charge in [-0.3, -0.25) is 4.79 Å². The second-order valence-electron chi connectivity index (χ2n) is 5.76. The first-order valence-electron chi connectivity index (χ1n) is 7.40. The summed E-state index contributed by atoms with van der Waals surface area (Å²) in [4.78, 5) is 12.7. The molecule has 5 heteroatoms. The van der Waals surface area contributed by atoms with Crippen LogP contribution < -0.4 is 11.1 Å². The average Bonchev–Trinajstić information content (AvgIpc) is 2.52. The fourth-order valence-corrected chi connectivity index (χ4v) is 2.67. The molecule has 1 aliphatic heterocycles. The van der Waals surface area contributed by atoms with E-state index in [-0.39, 0.29) is 17.6 Å². The first-order chi connectivity index (χ1) is 10.1. The lowest BCUT2D eigenvalue weighted by Crippen LogP contribution is -2.49. The van der Waals surface area contributed by atoms with Crippen LogP contribution in [0.2, 0.25) is 0 Å². The van der Waals surface area contributed by atoms with Gasteiger partial charge in [-0.15, -0.1) is 0 Å². The van der Waals surface area contributed by atoms with E-state index in [0.29, 0.717) is 39.1 Å². The van der Waals surface area contributed by atoms with E-state index in [1.54, 1.807) is 6.07 Å². The Hall–Kier alpha value is -1.46. The second-order valence-corrected chi connectivity index (χ2v) is 5.76. The van der Waals surface area contributed by atoms with Crippen molar-refractivity contribution in [3.63, 3.8) is 0 Å². The smallest absolute Gasteiger partial charge is 0.230 e. The molecule has 1 aliphatic rings. The average molecular weight is 294 g/mol. The molecule has 1 amide bonds. The molecule has 1 heterocycles. The number of benzene rings is 1. The van der Waals surface area contributed by atoms with Crippen LogP contribution in [-0.4, -0.2) is 32.2 Å². The predicted molar refractivity (Wildman–Crippen MR) is 79.4 cm³/mol. The van der Waals surface area contributed by atoms with Crippen LogP contribution in [0.1, 0.15) is 25.3 Å². The highest BCUT2D eigenvalue weighted by molar-refractivity contribution is 5.88. The fourth-order valence-electron chi connectivity index (χ4n) is 2.67. The van der Waals surface area contributed by atoms with Gasteiger partial charge in [0.2, 0.25) is 5.91 Å². The number of hydrogen-bond donors (Lipinski definition) is 2. The van der Waals surface area contributed by atoms with Gasteiger partial charge in [0.25, 0.3) is 0 Å². The van der Waals surface area contributed by atoms with E-state index >= 15 is 0 Å². The molecule has 1 aromatic carbocycles. The molecule has 0 bridgehead atoms. The van der Waals surface area contributed by atoms with E-state index in [0.717, 1.165) is 5.56 Å². The van der Waals surface area contributed by atoms with Gasteiger partial charge in [0.05, 0.1) is 5.41 Å². The molecule has 1 atom stereocenters. The highest BCUT2D eigenvalue weighted by Crippen LogP contribution is 2.35. The zero-order valence-electron chi connectivity index (χ0n) is 12.4. The lowest BCUT2D eigenvalue weighted by Gasteiger charge is -2.36. The molecule has 1 fully saturated rings. The van der Waals surface area contributed by atoms with Gasteiger partial charge in [0, 0.05) is 19.8 Å². The lowest BCUT2D eigenvalue weighted by atomic mass is 9.73. The molecule has 1 aromatic rings. The molecule has 0 saturated carbocycles. The Morgan fingerprint density at radius 2 is 2.19 bits per heavy atom. The third kappa shape index (κ3) is 3.60. The summed E-state index contributed by atoms with van der Waals surface area (Å²) in [6, 6.07) is 6.32. The number of hydrogen-bond acceptors (Lipinski definition) is 3. The van der Waals surface area contributed by atoms with E-state index in [9.17, 15) is 9.18 Å². The number of ether oxygens (including phenoxy) is 1. The van der Waals surface area contributed by atoms with Crippen molar-refractivity contribution in [2.24, 2.45) is 11.7 Å². The van der Waals surface area contributed by atoms with Crippen molar-refractivity contribution in [2.45, 2.75) is 25.2 Å². The summed E-state index contributed by atoms with van der Waals surface area (Å²) in [7, 11) is 0. The monoisotopic (exact) mass is 294 g/mol. The first kappa shape index (κ1) is 15.9. The molecule has 4 nitrogen and oxygen atoms in total. The van der Waals surface area contributed by atoms with Crippen molar-refractivity contribution in [1.82, 2.24) is 5.32 Å². The van der Waals surface area contributed by atoms with Crippen molar-refractivity contribution in [3.8, 4) is 0 Å². The SMILES string of the molecule is CC(CN)CNC(=O)C1(c2cccc(F)c2)CCOCC1. The summed E-state index contributed by atoms with van der Waals surface area (Å²) < 4.78 is 18.9. The van der Waals surface area contributed by atoms with Crippen molar-refractivity contribution in [2.75, 3.05) is 26.3 Å². The highest BCUT2D eigenvalue weighted by atomic mass is 19.1. The van der Waals surface area contributed by atoms with Crippen LogP contribution in [0.15, 0.2) is 24.3 Å². The maximum Gasteiger partial charge on any atom is 0.230 e. The Morgan fingerprint density at radius 1 is 1.48 bits per heavy atom. The standard InChI is InChI=1S/C16H23FN2O2/c1-12(10-18)11-19-15(20)16(5-7-21-8-6-16)13-3-2-4-14(17)9-13/h2-4,9,12H,5-8,10-11,18H2,1H3,(H,19,20). The Kier molecular flexibility index (Phi) is 5.31. The molecule has 2 rings (SSSR count). The van der Waals surface area contributed by atoms with Gasteiger partial charge in [-0.25, -0.2) is 4.39 Å². The van der Waals surface area contributed by atoms with Crippen LogP contribution in [0, 0.1) is 11.7 Å². The minimum Gasteiger partial charge on any atom is -0.381 e. The van der Waals surface area contributed by atoms with Gasteiger partial charge in [-0.2, -0.15) is 0 Å². The van der Waals surface area contributed by atoms with Crippen LogP contribution in [0.4, 0.5) is 4.39 Å². The molecule has 0 spiro atoms. The summed E-state index contributed by atoms with van der Waals surface area (Å²) in [6.45, 7) is 4.06. The third-order valence-electron chi connectivity index (χ3n) is 4.17. The summed E-state index contributed by atoms with van der Waals surface area (Å²) in [5.74, 6) is -0.156. The van der Waals surface area contributed by atoms with E-state index in [1.807, 2.05) is 13.0 Å². The topological polar surface area (TPSA) is 64.3 Å². The van der Waals surface area contributed by atoms with Gasteiger partial charge >= 0.3 is 0 Å². The Bertz CT molecular complexity index is 487. The van der Waals surface area contributed by atoms with Crippen molar-refractivity contribution >= 4 is 5.91 Å². The summed E-state index contributed by atoms with van der Waals surface area (Å²) in [5.41, 5.74) is 5.61. The number of halogens is 1. The van der Waals surface area contributed by atoms with Crippen molar-refractivity contribution in [1.29, 1.82) is 0 Å². The van der Waals surface area contributed by atoms with Gasteiger partial charge in [-0.1, -0.05) is 19.1 Å². The Morgan fingerprint density at radius 3 is 2.81 bits per heavy atom. The van der Waals surface area contributed by atoms with Crippen LogP contribution in [0.5, 0.6) is 0 Å². The van der Waals surface area contributed by atoms with Crippen LogP contribution in [0.3, 0.4) is 0 Å². The fraction of sp³-hybridized carbons (Fsp3) is 0.562. The van der Waals surface area contributed by atoms with Crippen molar-refractivity contribution in [3.05, 3.63) is 35.6 Å². The molecule has 1 unspecified atom stereocenters. The number of nitrogens with two attached hydrogens (primary N) is 1. The minimum absolute atomic E-state index is 0.0586. The summed E-state index contributed by atoms with van der Waals surface area (Å²) in [6.07, 6.45) is 1.14. The zero-order valence-corrected chi connectivity index (χ0v) is 12.4. The van der Waals surface area contributed by atoms with E-state index in [1.165, 1.54) is 12.1 Å². The molecule has 1 saturated heterocycles. The third-order valence-corrected chi connectivity index (χ3v) is 4.17. The van der Waals surface area contributed by atoms with E-state index < -0.39 is 5.41 Å². The van der Waals surface area contributed by atoms with Crippen molar-refractivity contribution < 1.29 is 13.9 Å².